The number of thiol groups is 1. The lowest BCUT2D eigenvalue weighted by molar-refractivity contribution is 0.135. The molecule has 1 aromatic heterocycles. The molecule has 1 aromatic rings. The predicted molar refractivity (Wildman–Crippen MR) is 76.1 cm³/mol. The summed E-state index contributed by atoms with van der Waals surface area (Å²) >= 11 is 6.46. The Morgan fingerprint density at radius 3 is 2.81 bits per heavy atom. The molecule has 1 saturated carbocycles. The first-order valence-electron chi connectivity index (χ1n) is 5.41. The summed E-state index contributed by atoms with van der Waals surface area (Å²) in [5, 5.41) is 0. The topological polar surface area (TPSA) is 34.9 Å². The van der Waals surface area contributed by atoms with E-state index in [0.29, 0.717) is 3.57 Å². The van der Waals surface area contributed by atoms with Crippen LogP contribution in [0.1, 0.15) is 25.1 Å². The molecule has 0 unspecified atom stereocenters. The molecule has 1 fully saturated rings. The molecule has 0 N–H and O–H groups in total. The third-order valence-corrected chi connectivity index (χ3v) is 4.86. The number of halogens is 1. The van der Waals surface area contributed by atoms with E-state index in [1.165, 1.54) is 19.3 Å². The second-order valence-electron chi connectivity index (χ2n) is 4.56. The Morgan fingerprint density at radius 2 is 2.31 bits per heavy atom. The first kappa shape index (κ1) is 12.4. The van der Waals surface area contributed by atoms with Crippen molar-refractivity contribution in [1.82, 2.24) is 9.55 Å². The van der Waals surface area contributed by atoms with Gasteiger partial charge in [0, 0.05) is 12.7 Å². The molecule has 0 bridgehead atoms. The van der Waals surface area contributed by atoms with Crippen LogP contribution in [0.2, 0.25) is 0 Å². The predicted octanol–water partition coefficient (Wildman–Crippen LogP) is 2.26. The third-order valence-electron chi connectivity index (χ3n) is 3.45. The Balaban J connectivity index is 2.34. The average molecular weight is 350 g/mol. The van der Waals surface area contributed by atoms with E-state index in [2.05, 4.69) is 17.6 Å². The van der Waals surface area contributed by atoms with Crippen molar-refractivity contribution in [2.45, 2.75) is 32.7 Å². The minimum Gasteiger partial charge on any atom is -0.295 e. The molecule has 0 spiro atoms. The number of aromatic nitrogens is 2. The van der Waals surface area contributed by atoms with E-state index in [0.717, 1.165) is 18.1 Å². The number of hydrogen-bond acceptors (Lipinski definition) is 3. The van der Waals surface area contributed by atoms with Crippen molar-refractivity contribution in [1.29, 1.82) is 0 Å². The van der Waals surface area contributed by atoms with Crippen LogP contribution < -0.4 is 5.56 Å². The van der Waals surface area contributed by atoms with E-state index in [4.69, 9.17) is 0 Å². The van der Waals surface area contributed by atoms with Gasteiger partial charge in [-0.25, -0.2) is 4.98 Å². The summed E-state index contributed by atoms with van der Waals surface area (Å²) in [6, 6.07) is 0. The zero-order chi connectivity index (χ0) is 11.8. The van der Waals surface area contributed by atoms with E-state index in [1.54, 1.807) is 10.8 Å². The Bertz CT molecular complexity index is 448. The molecule has 5 heteroatoms. The number of aryl methyl sites for hydroxylation is 1. The summed E-state index contributed by atoms with van der Waals surface area (Å²) in [7, 11) is 0. The maximum absolute atomic E-state index is 12.0. The van der Waals surface area contributed by atoms with E-state index >= 15 is 0 Å². The maximum atomic E-state index is 12.0. The first-order valence-corrected chi connectivity index (χ1v) is 7.12. The lowest BCUT2D eigenvalue weighted by atomic mass is 9.70. The summed E-state index contributed by atoms with van der Waals surface area (Å²) in [5.41, 5.74) is 0.310. The van der Waals surface area contributed by atoms with Crippen molar-refractivity contribution in [3.63, 3.8) is 0 Å². The standard InChI is InChI=1S/C11H15IN2OS/c1-8-13-5-9(12)10(15)14(8)6-11(7-16)3-2-4-11/h5,16H,2-4,6-7H2,1H3. The molecule has 1 aliphatic rings. The zero-order valence-corrected chi connectivity index (χ0v) is 12.3. The molecule has 1 aliphatic carbocycles. The third kappa shape index (κ3) is 2.16. The smallest absolute Gasteiger partial charge is 0.266 e. The largest absolute Gasteiger partial charge is 0.295 e. The monoisotopic (exact) mass is 350 g/mol. The van der Waals surface area contributed by atoms with Gasteiger partial charge in [-0.2, -0.15) is 12.6 Å². The van der Waals surface area contributed by atoms with E-state index in [9.17, 15) is 4.79 Å². The highest BCUT2D eigenvalue weighted by Gasteiger charge is 2.36. The van der Waals surface area contributed by atoms with Crippen LogP contribution in [0.4, 0.5) is 0 Å². The van der Waals surface area contributed by atoms with Gasteiger partial charge in [0.2, 0.25) is 0 Å². The second-order valence-corrected chi connectivity index (χ2v) is 6.03. The minimum absolute atomic E-state index is 0.0844. The van der Waals surface area contributed by atoms with Gasteiger partial charge < -0.3 is 0 Å². The highest BCUT2D eigenvalue weighted by atomic mass is 127. The van der Waals surface area contributed by atoms with E-state index in [1.807, 2.05) is 29.5 Å². The Labute approximate surface area is 114 Å². The van der Waals surface area contributed by atoms with E-state index in [-0.39, 0.29) is 11.0 Å². The van der Waals surface area contributed by atoms with Gasteiger partial charge in [0.25, 0.3) is 5.56 Å². The van der Waals surface area contributed by atoms with Gasteiger partial charge in [-0.15, -0.1) is 0 Å². The summed E-state index contributed by atoms with van der Waals surface area (Å²) in [6.45, 7) is 2.66. The molecule has 0 saturated heterocycles. The fourth-order valence-corrected chi connectivity index (χ4v) is 2.96. The first-order chi connectivity index (χ1) is 7.58. The van der Waals surface area contributed by atoms with Crippen molar-refractivity contribution in [2.75, 3.05) is 5.75 Å². The van der Waals surface area contributed by atoms with E-state index < -0.39 is 0 Å². The SMILES string of the molecule is Cc1ncc(I)c(=O)n1CC1(CS)CCC1. The molecule has 16 heavy (non-hydrogen) atoms. The summed E-state index contributed by atoms with van der Waals surface area (Å²) in [4.78, 5) is 16.3. The fourth-order valence-electron chi connectivity index (χ4n) is 2.12. The normalized spacial score (nSPS) is 18.2. The van der Waals surface area contributed by atoms with Crippen molar-refractivity contribution in [2.24, 2.45) is 5.41 Å². The van der Waals surface area contributed by atoms with Crippen LogP contribution in [-0.2, 0) is 6.54 Å². The number of nitrogens with zero attached hydrogens (tertiary/aromatic N) is 2. The Kier molecular flexibility index (Phi) is 3.63. The molecule has 3 nitrogen and oxygen atoms in total. The van der Waals surface area contributed by atoms with Crippen LogP contribution in [0.3, 0.4) is 0 Å². The zero-order valence-electron chi connectivity index (χ0n) is 9.24. The molecular formula is C11H15IN2OS. The highest BCUT2D eigenvalue weighted by Crippen LogP contribution is 2.43. The summed E-state index contributed by atoms with van der Waals surface area (Å²) in [5.74, 6) is 1.66. The summed E-state index contributed by atoms with van der Waals surface area (Å²) in [6.07, 6.45) is 5.25. The molecule has 0 atom stereocenters. The van der Waals surface area contributed by atoms with Crippen molar-refractivity contribution < 1.29 is 0 Å². The minimum atomic E-state index is 0.0844. The Hall–Kier alpha value is -0.0400. The number of hydrogen-bond donors (Lipinski definition) is 1. The fraction of sp³-hybridized carbons (Fsp3) is 0.636. The molecule has 0 aliphatic heterocycles. The lowest BCUT2D eigenvalue weighted by Crippen LogP contribution is -2.40. The molecule has 1 heterocycles. The van der Waals surface area contributed by atoms with Crippen LogP contribution in [0.5, 0.6) is 0 Å². The van der Waals surface area contributed by atoms with Gasteiger partial charge in [0.15, 0.2) is 0 Å². The molecule has 0 radical (unpaired) electrons. The highest BCUT2D eigenvalue weighted by molar-refractivity contribution is 14.1. The van der Waals surface area contributed by atoms with Gasteiger partial charge in [-0.1, -0.05) is 6.42 Å². The van der Waals surface area contributed by atoms with Crippen molar-refractivity contribution in [3.8, 4) is 0 Å². The molecule has 0 aromatic carbocycles. The second kappa shape index (κ2) is 4.68. The quantitative estimate of drug-likeness (QED) is 0.670. The average Bonchev–Trinajstić information content (AvgIpc) is 2.22. The maximum Gasteiger partial charge on any atom is 0.266 e. The molecule has 88 valence electrons. The van der Waals surface area contributed by atoms with Gasteiger partial charge in [-0.05, 0) is 53.5 Å². The molecule has 2 rings (SSSR count). The van der Waals surface area contributed by atoms with Crippen LogP contribution in [0, 0.1) is 15.9 Å². The summed E-state index contributed by atoms with van der Waals surface area (Å²) < 4.78 is 2.49. The van der Waals surface area contributed by atoms with Crippen LogP contribution in [0.15, 0.2) is 11.0 Å². The van der Waals surface area contributed by atoms with Crippen LogP contribution in [-0.4, -0.2) is 15.3 Å². The van der Waals surface area contributed by atoms with Gasteiger partial charge in [0.05, 0.1) is 3.57 Å². The van der Waals surface area contributed by atoms with Crippen molar-refractivity contribution >= 4 is 35.2 Å². The van der Waals surface area contributed by atoms with Crippen LogP contribution in [0.25, 0.3) is 0 Å². The van der Waals surface area contributed by atoms with Crippen molar-refractivity contribution in [3.05, 3.63) is 25.9 Å². The Morgan fingerprint density at radius 1 is 1.62 bits per heavy atom. The molecular weight excluding hydrogens is 335 g/mol. The van der Waals surface area contributed by atoms with Gasteiger partial charge in [0.1, 0.15) is 5.82 Å². The molecule has 0 amide bonds. The van der Waals surface area contributed by atoms with Crippen LogP contribution >= 0.6 is 35.2 Å². The lowest BCUT2D eigenvalue weighted by Gasteiger charge is -2.41. The van der Waals surface area contributed by atoms with Gasteiger partial charge in [-0.3, -0.25) is 9.36 Å². The van der Waals surface area contributed by atoms with Gasteiger partial charge >= 0.3 is 0 Å². The number of rotatable bonds is 3.